The molecule has 4 rings (SSSR count). The molecule has 8 nitrogen and oxygen atoms in total. The molecule has 2 aromatic carbocycles. The molecule has 2 aromatic heterocycles. The summed E-state index contributed by atoms with van der Waals surface area (Å²) in [5.41, 5.74) is 3.68. The molecule has 8 heteroatoms. The maximum atomic E-state index is 11.5. The molecule has 0 atom stereocenters. The van der Waals surface area contributed by atoms with Gasteiger partial charge in [-0.05, 0) is 49.4 Å². The van der Waals surface area contributed by atoms with E-state index >= 15 is 0 Å². The molecule has 0 unspecified atom stereocenters. The molecule has 0 aliphatic carbocycles. The highest BCUT2D eigenvalue weighted by Gasteiger charge is 2.17. The third-order valence-electron chi connectivity index (χ3n) is 5.25. The molecule has 4 aromatic rings. The zero-order valence-electron chi connectivity index (χ0n) is 18.1. The largest absolute Gasteiger partial charge is 0.425 e. The third kappa shape index (κ3) is 3.84. The zero-order chi connectivity index (χ0) is 22.7. The van der Waals surface area contributed by atoms with Crippen LogP contribution < -0.4 is 14.5 Å². The average Bonchev–Trinajstić information content (AvgIpc) is 3.15. The Hall–Kier alpha value is -4.38. The number of imidazole rings is 1. The fraction of sp³-hybridized carbons (Fsp3) is 0.167. The zero-order valence-corrected chi connectivity index (χ0v) is 18.1. The number of nitriles is 1. The smallest absolute Gasteiger partial charge is 0.302 e. The Bertz CT molecular complexity index is 1310. The maximum Gasteiger partial charge on any atom is 0.302 e. The highest BCUT2D eigenvalue weighted by molar-refractivity contribution is 5.85. The Morgan fingerprint density at radius 1 is 1.19 bits per heavy atom. The summed E-state index contributed by atoms with van der Waals surface area (Å²) in [4.78, 5) is 23.9. The van der Waals surface area contributed by atoms with Crippen LogP contribution in [0.1, 0.15) is 12.5 Å². The van der Waals surface area contributed by atoms with E-state index in [1.807, 2.05) is 79.0 Å². The molecule has 0 radical (unpaired) electrons. The van der Waals surface area contributed by atoms with Crippen LogP contribution in [0.2, 0.25) is 0 Å². The number of ether oxygens (including phenoxy) is 1. The Morgan fingerprint density at radius 2 is 1.94 bits per heavy atom. The number of rotatable bonds is 7. The summed E-state index contributed by atoms with van der Waals surface area (Å²) in [5.74, 6) is 1.22. The molecule has 32 heavy (non-hydrogen) atoms. The average molecular weight is 426 g/mol. The third-order valence-corrected chi connectivity index (χ3v) is 5.25. The number of aromatic nitrogens is 3. The van der Waals surface area contributed by atoms with Crippen molar-refractivity contribution in [2.75, 3.05) is 23.4 Å². The van der Waals surface area contributed by atoms with E-state index in [1.54, 1.807) is 6.07 Å². The van der Waals surface area contributed by atoms with Crippen LogP contribution in [0.5, 0.6) is 11.8 Å². The SMILES string of the molecule is CCN(C=O)c1cc(C#N)cnc1N(C)c1ccc(Oc2nc3ccccc3n2C)cc1. The van der Waals surface area contributed by atoms with Crippen molar-refractivity contribution in [3.63, 3.8) is 0 Å². The van der Waals surface area contributed by atoms with Gasteiger partial charge >= 0.3 is 6.01 Å². The monoisotopic (exact) mass is 426 g/mol. The summed E-state index contributed by atoms with van der Waals surface area (Å²) < 4.78 is 7.89. The van der Waals surface area contributed by atoms with E-state index in [1.165, 1.54) is 11.1 Å². The number of aryl methyl sites for hydroxylation is 1. The van der Waals surface area contributed by atoms with Gasteiger partial charge in [0.1, 0.15) is 11.8 Å². The first-order valence-corrected chi connectivity index (χ1v) is 10.1. The summed E-state index contributed by atoms with van der Waals surface area (Å²) in [6.07, 6.45) is 2.24. The standard InChI is InChI=1S/C24H22N6O2/c1-4-30(16-31)22-13-17(14-25)15-26-23(22)28(2)18-9-11-19(12-10-18)32-24-27-20-7-5-6-8-21(20)29(24)3/h5-13,15-16H,4H2,1-3H3. The van der Waals surface area contributed by atoms with Crippen molar-refractivity contribution < 1.29 is 9.53 Å². The summed E-state index contributed by atoms with van der Waals surface area (Å²) in [6.45, 7) is 2.33. The topological polar surface area (TPSA) is 87.3 Å². The van der Waals surface area contributed by atoms with Gasteiger partial charge in [0.05, 0.1) is 22.3 Å². The minimum Gasteiger partial charge on any atom is -0.425 e. The molecule has 0 N–H and O–H groups in total. The van der Waals surface area contributed by atoms with Gasteiger partial charge in [-0.1, -0.05) is 12.1 Å². The molecule has 0 spiro atoms. The minimum absolute atomic E-state index is 0.392. The number of benzene rings is 2. The van der Waals surface area contributed by atoms with Gasteiger partial charge in [-0.2, -0.15) is 10.2 Å². The van der Waals surface area contributed by atoms with Crippen LogP contribution >= 0.6 is 0 Å². The number of pyridine rings is 1. The molecule has 0 fully saturated rings. The van der Waals surface area contributed by atoms with Crippen molar-refractivity contribution in [3.8, 4) is 17.8 Å². The number of nitrogens with zero attached hydrogens (tertiary/aromatic N) is 6. The van der Waals surface area contributed by atoms with E-state index in [2.05, 4.69) is 16.0 Å². The first-order chi connectivity index (χ1) is 15.5. The van der Waals surface area contributed by atoms with Crippen molar-refractivity contribution in [3.05, 3.63) is 66.4 Å². The molecule has 0 saturated carbocycles. The molecule has 2 heterocycles. The number of hydrogen-bond donors (Lipinski definition) is 0. The summed E-state index contributed by atoms with van der Waals surface area (Å²) in [5, 5.41) is 9.22. The Kier molecular flexibility index (Phi) is 5.73. The van der Waals surface area contributed by atoms with E-state index in [-0.39, 0.29) is 0 Å². The lowest BCUT2D eigenvalue weighted by molar-refractivity contribution is -0.107. The molecule has 160 valence electrons. The first kappa shape index (κ1) is 20.9. The number of fused-ring (bicyclic) bond motifs is 1. The van der Waals surface area contributed by atoms with Crippen molar-refractivity contribution in [1.29, 1.82) is 5.26 Å². The molecule has 0 aliphatic rings. The van der Waals surface area contributed by atoms with Crippen LogP contribution in [0.15, 0.2) is 60.8 Å². The second-order valence-corrected chi connectivity index (χ2v) is 7.17. The van der Waals surface area contributed by atoms with Gasteiger partial charge in [0.25, 0.3) is 0 Å². The summed E-state index contributed by atoms with van der Waals surface area (Å²) in [6, 6.07) is 19.6. The van der Waals surface area contributed by atoms with E-state index in [0.29, 0.717) is 35.4 Å². The Labute approximate surface area is 185 Å². The van der Waals surface area contributed by atoms with Crippen LogP contribution in [0, 0.1) is 11.3 Å². The van der Waals surface area contributed by atoms with Crippen LogP contribution in [0.3, 0.4) is 0 Å². The van der Waals surface area contributed by atoms with Crippen molar-refractivity contribution >= 4 is 34.6 Å². The molecule has 0 aliphatic heterocycles. The van der Waals surface area contributed by atoms with Crippen molar-refractivity contribution in [2.24, 2.45) is 7.05 Å². The van der Waals surface area contributed by atoms with Crippen molar-refractivity contribution in [1.82, 2.24) is 14.5 Å². The van der Waals surface area contributed by atoms with E-state index in [4.69, 9.17) is 4.74 Å². The molecule has 0 bridgehead atoms. The van der Waals surface area contributed by atoms with Crippen LogP contribution in [0.4, 0.5) is 17.2 Å². The van der Waals surface area contributed by atoms with E-state index in [9.17, 15) is 10.1 Å². The fourth-order valence-electron chi connectivity index (χ4n) is 3.46. The van der Waals surface area contributed by atoms with Gasteiger partial charge < -0.3 is 14.5 Å². The predicted octanol–water partition coefficient (Wildman–Crippen LogP) is 4.38. The lowest BCUT2D eigenvalue weighted by Gasteiger charge is -2.25. The van der Waals surface area contributed by atoms with E-state index in [0.717, 1.165) is 23.1 Å². The number of anilines is 3. The number of hydrogen-bond acceptors (Lipinski definition) is 6. The highest BCUT2D eigenvalue weighted by atomic mass is 16.5. The number of carbonyl (C=O) groups excluding carboxylic acids is 1. The van der Waals surface area contributed by atoms with Crippen LogP contribution in [0.25, 0.3) is 11.0 Å². The van der Waals surface area contributed by atoms with Gasteiger partial charge in [0.15, 0.2) is 5.82 Å². The quantitative estimate of drug-likeness (QED) is 0.408. The Morgan fingerprint density at radius 3 is 2.59 bits per heavy atom. The predicted molar refractivity (Wildman–Crippen MR) is 123 cm³/mol. The molecule has 1 amide bonds. The molecular weight excluding hydrogens is 404 g/mol. The van der Waals surface area contributed by atoms with Gasteiger partial charge in [-0.15, -0.1) is 0 Å². The van der Waals surface area contributed by atoms with Gasteiger partial charge in [-0.3, -0.25) is 9.36 Å². The molecule has 0 saturated heterocycles. The number of amides is 1. The number of carbonyl (C=O) groups is 1. The summed E-state index contributed by atoms with van der Waals surface area (Å²) in [7, 11) is 3.77. The fourth-order valence-corrected chi connectivity index (χ4v) is 3.46. The van der Waals surface area contributed by atoms with Gasteiger partial charge in [-0.25, -0.2) is 4.98 Å². The molecular formula is C24H22N6O2. The highest BCUT2D eigenvalue weighted by Crippen LogP contribution is 2.33. The lowest BCUT2D eigenvalue weighted by Crippen LogP contribution is -2.24. The second kappa shape index (κ2) is 8.78. The maximum absolute atomic E-state index is 11.5. The van der Waals surface area contributed by atoms with Gasteiger partial charge in [0, 0.05) is 32.5 Å². The normalized spacial score (nSPS) is 10.6. The van der Waals surface area contributed by atoms with Crippen LogP contribution in [-0.4, -0.2) is 34.5 Å². The van der Waals surface area contributed by atoms with Gasteiger partial charge in [0.2, 0.25) is 6.41 Å². The Balaban J connectivity index is 1.61. The van der Waals surface area contributed by atoms with E-state index < -0.39 is 0 Å². The second-order valence-electron chi connectivity index (χ2n) is 7.17. The van der Waals surface area contributed by atoms with Crippen molar-refractivity contribution in [2.45, 2.75) is 6.92 Å². The first-order valence-electron chi connectivity index (χ1n) is 10.1. The lowest BCUT2D eigenvalue weighted by atomic mass is 10.2. The van der Waals surface area contributed by atoms with Crippen LogP contribution in [-0.2, 0) is 11.8 Å². The summed E-state index contributed by atoms with van der Waals surface area (Å²) >= 11 is 0. The minimum atomic E-state index is 0.392. The number of para-hydroxylation sites is 2.